The van der Waals surface area contributed by atoms with Crippen LogP contribution in [0, 0.1) is 5.92 Å². The number of nitrogens with zero attached hydrogens (tertiary/aromatic N) is 1. The van der Waals surface area contributed by atoms with Gasteiger partial charge in [0.1, 0.15) is 12.6 Å². The van der Waals surface area contributed by atoms with Crippen LogP contribution in [-0.4, -0.2) is 25.1 Å². The van der Waals surface area contributed by atoms with Crippen molar-refractivity contribution in [3.8, 4) is 0 Å². The van der Waals surface area contributed by atoms with E-state index in [4.69, 9.17) is 16.3 Å². The van der Waals surface area contributed by atoms with Gasteiger partial charge in [0.15, 0.2) is 0 Å². The monoisotopic (exact) mass is 253 g/mol. The molecule has 1 fully saturated rings. The highest BCUT2D eigenvalue weighted by Crippen LogP contribution is 2.29. The first kappa shape index (κ1) is 12.4. The Morgan fingerprint density at radius 1 is 1.35 bits per heavy atom. The predicted molar refractivity (Wildman–Crippen MR) is 68.2 cm³/mol. The first-order valence-corrected chi connectivity index (χ1v) is 6.34. The molecule has 4 heteroatoms. The summed E-state index contributed by atoms with van der Waals surface area (Å²) in [6.45, 7) is 1.02. The van der Waals surface area contributed by atoms with Crippen LogP contribution >= 0.6 is 11.6 Å². The fraction of sp³-hybridized carbons (Fsp3) is 0.462. The summed E-state index contributed by atoms with van der Waals surface area (Å²) in [6, 6.07) is 9.46. The largest absolute Gasteiger partial charge is 0.360 e. The molecule has 0 N–H and O–H groups in total. The van der Waals surface area contributed by atoms with Gasteiger partial charge in [-0.3, -0.25) is 9.69 Å². The van der Waals surface area contributed by atoms with Gasteiger partial charge in [-0.15, -0.1) is 11.6 Å². The average molecular weight is 254 g/mol. The van der Waals surface area contributed by atoms with Crippen LogP contribution in [-0.2, 0) is 9.53 Å². The zero-order valence-corrected chi connectivity index (χ0v) is 10.4. The summed E-state index contributed by atoms with van der Waals surface area (Å²) in [5, 5.41) is 0. The second kappa shape index (κ2) is 6.03. The Morgan fingerprint density at radius 2 is 2.06 bits per heavy atom. The second-order valence-corrected chi connectivity index (χ2v) is 4.50. The molecule has 3 nitrogen and oxygen atoms in total. The van der Waals surface area contributed by atoms with Gasteiger partial charge in [-0.1, -0.05) is 18.2 Å². The van der Waals surface area contributed by atoms with Crippen molar-refractivity contribution < 1.29 is 9.53 Å². The molecular weight excluding hydrogens is 238 g/mol. The highest BCUT2D eigenvalue weighted by atomic mass is 35.5. The number of ether oxygens (including phenoxy) is 1. The minimum Gasteiger partial charge on any atom is -0.360 e. The van der Waals surface area contributed by atoms with Crippen LogP contribution in [0.25, 0.3) is 0 Å². The zero-order chi connectivity index (χ0) is 12.1. The number of benzene rings is 1. The van der Waals surface area contributed by atoms with Gasteiger partial charge in [0.25, 0.3) is 0 Å². The third kappa shape index (κ3) is 3.72. The number of carbonyl (C=O) groups is 1. The van der Waals surface area contributed by atoms with Crippen LogP contribution in [0.1, 0.15) is 12.8 Å². The van der Waals surface area contributed by atoms with Crippen LogP contribution < -0.4 is 4.90 Å². The number of para-hydroxylation sites is 1. The van der Waals surface area contributed by atoms with Crippen molar-refractivity contribution in [1.82, 2.24) is 0 Å². The Hall–Kier alpha value is -1.06. The topological polar surface area (TPSA) is 29.5 Å². The Morgan fingerprint density at radius 3 is 2.65 bits per heavy atom. The van der Waals surface area contributed by atoms with E-state index in [1.807, 2.05) is 30.3 Å². The van der Waals surface area contributed by atoms with Crippen molar-refractivity contribution in [3.05, 3.63) is 30.3 Å². The number of halogens is 1. The van der Waals surface area contributed by atoms with Crippen molar-refractivity contribution >= 4 is 23.2 Å². The number of hydrogen-bond acceptors (Lipinski definition) is 2. The lowest BCUT2D eigenvalue weighted by molar-refractivity contribution is -0.117. The summed E-state index contributed by atoms with van der Waals surface area (Å²) in [5.41, 5.74) is 0.828. The lowest BCUT2D eigenvalue weighted by Crippen LogP contribution is -2.34. The van der Waals surface area contributed by atoms with Crippen LogP contribution in [0.5, 0.6) is 0 Å². The molecule has 0 unspecified atom stereocenters. The summed E-state index contributed by atoms with van der Waals surface area (Å²) < 4.78 is 5.54. The van der Waals surface area contributed by atoms with Gasteiger partial charge in [0.2, 0.25) is 5.91 Å². The fourth-order valence-corrected chi connectivity index (χ4v) is 1.71. The molecule has 0 heterocycles. The molecule has 0 saturated heterocycles. The molecule has 0 aliphatic heterocycles. The standard InChI is InChI=1S/C13H16ClNO2/c14-8-13(16)15(10-17-9-11-6-7-11)12-4-2-1-3-5-12/h1-5,11H,6-10H2. The maximum atomic E-state index is 11.7. The molecule has 0 atom stereocenters. The SMILES string of the molecule is O=C(CCl)N(COCC1CC1)c1ccccc1. The fourth-order valence-electron chi connectivity index (χ4n) is 1.57. The lowest BCUT2D eigenvalue weighted by Gasteiger charge is -2.21. The minimum atomic E-state index is -0.131. The van der Waals surface area contributed by atoms with Crippen molar-refractivity contribution in [1.29, 1.82) is 0 Å². The summed E-state index contributed by atoms with van der Waals surface area (Å²) in [4.78, 5) is 13.3. The molecule has 92 valence electrons. The first-order valence-electron chi connectivity index (χ1n) is 5.80. The summed E-state index contributed by atoms with van der Waals surface area (Å²) in [6.07, 6.45) is 2.49. The number of alkyl halides is 1. The van der Waals surface area contributed by atoms with E-state index in [1.165, 1.54) is 12.8 Å². The van der Waals surface area contributed by atoms with E-state index in [1.54, 1.807) is 4.90 Å². The van der Waals surface area contributed by atoms with E-state index in [0.29, 0.717) is 5.92 Å². The van der Waals surface area contributed by atoms with Gasteiger partial charge in [-0.2, -0.15) is 0 Å². The van der Waals surface area contributed by atoms with Gasteiger partial charge in [0, 0.05) is 5.69 Å². The van der Waals surface area contributed by atoms with E-state index in [-0.39, 0.29) is 18.5 Å². The van der Waals surface area contributed by atoms with Crippen LogP contribution in [0.4, 0.5) is 5.69 Å². The molecular formula is C13H16ClNO2. The Kier molecular flexibility index (Phi) is 4.40. The molecule has 0 bridgehead atoms. The van der Waals surface area contributed by atoms with Crippen molar-refractivity contribution in [3.63, 3.8) is 0 Å². The predicted octanol–water partition coefficient (Wildman–Crippen LogP) is 2.64. The van der Waals surface area contributed by atoms with Gasteiger partial charge < -0.3 is 4.74 Å². The van der Waals surface area contributed by atoms with E-state index < -0.39 is 0 Å². The molecule has 1 aromatic rings. The highest BCUT2D eigenvalue weighted by Gasteiger charge is 2.22. The zero-order valence-electron chi connectivity index (χ0n) is 9.64. The molecule has 0 radical (unpaired) electrons. The molecule has 1 aliphatic rings. The number of hydrogen-bond donors (Lipinski definition) is 0. The van der Waals surface area contributed by atoms with E-state index in [9.17, 15) is 4.79 Å². The minimum absolute atomic E-state index is 0.0261. The third-order valence-corrected chi connectivity index (χ3v) is 2.98. The molecule has 2 rings (SSSR count). The number of amides is 1. The highest BCUT2D eigenvalue weighted by molar-refractivity contribution is 6.29. The van der Waals surface area contributed by atoms with E-state index in [2.05, 4.69) is 0 Å². The lowest BCUT2D eigenvalue weighted by atomic mass is 10.3. The van der Waals surface area contributed by atoms with Gasteiger partial charge >= 0.3 is 0 Å². The second-order valence-electron chi connectivity index (χ2n) is 4.23. The molecule has 17 heavy (non-hydrogen) atoms. The van der Waals surface area contributed by atoms with Crippen molar-refractivity contribution in [2.45, 2.75) is 12.8 Å². The number of carbonyl (C=O) groups excluding carboxylic acids is 1. The van der Waals surface area contributed by atoms with Crippen LogP contribution in [0.15, 0.2) is 30.3 Å². The van der Waals surface area contributed by atoms with Crippen LogP contribution in [0.2, 0.25) is 0 Å². The normalized spacial score (nSPS) is 14.6. The molecule has 1 saturated carbocycles. The quantitative estimate of drug-likeness (QED) is 0.576. The van der Waals surface area contributed by atoms with Crippen LogP contribution in [0.3, 0.4) is 0 Å². The molecule has 0 aromatic heterocycles. The number of rotatable bonds is 6. The molecule has 1 aliphatic carbocycles. The van der Waals surface area contributed by atoms with Gasteiger partial charge in [0.05, 0.1) is 6.61 Å². The maximum absolute atomic E-state index is 11.7. The average Bonchev–Trinajstić information content (AvgIpc) is 3.19. The number of anilines is 1. The Balaban J connectivity index is 1.94. The Labute approximate surface area is 106 Å². The molecule has 0 spiro atoms. The third-order valence-electron chi connectivity index (χ3n) is 2.75. The van der Waals surface area contributed by atoms with Gasteiger partial charge in [-0.05, 0) is 30.9 Å². The van der Waals surface area contributed by atoms with E-state index >= 15 is 0 Å². The van der Waals surface area contributed by atoms with Gasteiger partial charge in [-0.25, -0.2) is 0 Å². The Bertz CT molecular complexity index is 365. The summed E-state index contributed by atoms with van der Waals surface area (Å²) in [5.74, 6) is 0.536. The molecule has 1 aromatic carbocycles. The van der Waals surface area contributed by atoms with Crippen molar-refractivity contribution in [2.24, 2.45) is 5.92 Å². The first-order chi connectivity index (χ1) is 8.31. The van der Waals surface area contributed by atoms with E-state index in [0.717, 1.165) is 12.3 Å². The van der Waals surface area contributed by atoms with Crippen molar-refractivity contribution in [2.75, 3.05) is 24.1 Å². The molecule has 1 amide bonds. The summed E-state index contributed by atoms with van der Waals surface area (Å²) >= 11 is 5.60. The smallest absolute Gasteiger partial charge is 0.243 e. The maximum Gasteiger partial charge on any atom is 0.243 e. The summed E-state index contributed by atoms with van der Waals surface area (Å²) in [7, 11) is 0.